The second kappa shape index (κ2) is 11.3. The average molecular weight is 561 g/mol. The van der Waals surface area contributed by atoms with Crippen molar-refractivity contribution in [3.8, 4) is 17.6 Å². The molecule has 0 spiro atoms. The second-order valence-electron chi connectivity index (χ2n) is 8.32. The summed E-state index contributed by atoms with van der Waals surface area (Å²) in [5, 5.41) is 16.0. The number of phenolic OH excluding ortho intramolecular Hbond substituents is 1. The van der Waals surface area contributed by atoms with E-state index in [4.69, 9.17) is 0 Å². The molecule has 0 radical (unpaired) electrons. The largest absolute Gasteiger partial charge is 0.507 e. The summed E-state index contributed by atoms with van der Waals surface area (Å²) in [6.07, 6.45) is 2.04. The van der Waals surface area contributed by atoms with Gasteiger partial charge in [0.2, 0.25) is 26.0 Å². The molecule has 3 aromatic rings. The summed E-state index contributed by atoms with van der Waals surface area (Å²) in [4.78, 5) is 7.96. The number of nitrogens with one attached hydrogen (secondary N) is 4. The van der Waals surface area contributed by atoms with Crippen LogP contribution in [0, 0.1) is 24.6 Å². The Morgan fingerprint density at radius 3 is 2.82 bits per heavy atom. The number of halogens is 1. The number of phenols is 1. The molecule has 5 N–H and O–H groups in total. The standard InChI is InChI=1S/C24H25FN6O5S2/c1-16-6-8-19(25)21(13-16)37(33,34)28-11-3-2-5-17-15-27-24-30-18-7-9-20(32)22(14-18)38(35,36)29-12-4-10-26-23(17)31-24/h6-9,13-15,28-29,32H,3-4,10-12H2,1H3,(H2,26,27,30,31). The van der Waals surface area contributed by atoms with Crippen LogP contribution in [0.15, 0.2) is 52.4 Å². The zero-order valence-corrected chi connectivity index (χ0v) is 21.9. The fourth-order valence-corrected chi connectivity index (χ4v) is 5.87. The lowest BCUT2D eigenvalue weighted by Gasteiger charge is -2.10. The van der Waals surface area contributed by atoms with Crippen molar-refractivity contribution in [2.24, 2.45) is 0 Å². The molecule has 11 nitrogen and oxygen atoms in total. The minimum absolute atomic E-state index is 0.0324. The van der Waals surface area contributed by atoms with Gasteiger partial charge in [0.25, 0.3) is 0 Å². The minimum atomic E-state index is -4.03. The Morgan fingerprint density at radius 1 is 1.18 bits per heavy atom. The first-order chi connectivity index (χ1) is 18.0. The summed E-state index contributed by atoms with van der Waals surface area (Å²) >= 11 is 0. The fraction of sp³-hybridized carbons (Fsp3) is 0.250. The van der Waals surface area contributed by atoms with Crippen molar-refractivity contribution in [1.82, 2.24) is 19.4 Å². The SMILES string of the molecule is Cc1ccc(F)c(S(=O)(=O)NCCC#Cc2cnc3nc2NCCCNS(=O)(=O)c2cc(ccc2O)N3)c1. The molecule has 38 heavy (non-hydrogen) atoms. The maximum absolute atomic E-state index is 14.0. The Labute approximate surface area is 220 Å². The second-order valence-corrected chi connectivity index (χ2v) is 11.8. The topological polar surface area (TPSA) is 162 Å². The van der Waals surface area contributed by atoms with Gasteiger partial charge in [0, 0.05) is 31.7 Å². The zero-order valence-electron chi connectivity index (χ0n) is 20.2. The highest BCUT2D eigenvalue weighted by atomic mass is 32.2. The van der Waals surface area contributed by atoms with E-state index < -0.39 is 30.8 Å². The third-order valence-electron chi connectivity index (χ3n) is 5.37. The van der Waals surface area contributed by atoms with Crippen LogP contribution in [0.2, 0.25) is 0 Å². The number of hydrogen-bond acceptors (Lipinski definition) is 9. The molecule has 14 heteroatoms. The third kappa shape index (κ3) is 6.56. The summed E-state index contributed by atoms with van der Waals surface area (Å²) in [6.45, 7) is 2.12. The Hall–Kier alpha value is -3.77. The number of benzene rings is 2. The first-order valence-corrected chi connectivity index (χ1v) is 14.5. The Morgan fingerprint density at radius 2 is 2.00 bits per heavy atom. The van der Waals surface area contributed by atoms with Gasteiger partial charge in [-0.05, 0) is 49.2 Å². The van der Waals surface area contributed by atoms with Gasteiger partial charge in [-0.1, -0.05) is 17.9 Å². The zero-order chi connectivity index (χ0) is 27.3. The molecule has 1 aromatic heterocycles. The fourth-order valence-electron chi connectivity index (χ4n) is 3.48. The van der Waals surface area contributed by atoms with Crippen molar-refractivity contribution in [1.29, 1.82) is 0 Å². The van der Waals surface area contributed by atoms with E-state index in [1.54, 1.807) is 6.92 Å². The van der Waals surface area contributed by atoms with Gasteiger partial charge in [-0.3, -0.25) is 0 Å². The lowest BCUT2D eigenvalue weighted by molar-refractivity contribution is 0.458. The number of aromatic nitrogens is 2. The van der Waals surface area contributed by atoms with E-state index in [-0.39, 0.29) is 36.1 Å². The van der Waals surface area contributed by atoms with E-state index >= 15 is 0 Å². The first kappa shape index (κ1) is 27.3. The van der Waals surface area contributed by atoms with Gasteiger partial charge in [-0.2, -0.15) is 4.98 Å². The summed E-state index contributed by atoms with van der Waals surface area (Å²) < 4.78 is 68.7. The number of aromatic hydroxyl groups is 1. The van der Waals surface area contributed by atoms with Crippen LogP contribution < -0.4 is 20.1 Å². The van der Waals surface area contributed by atoms with E-state index in [1.807, 2.05) is 0 Å². The first-order valence-electron chi connectivity index (χ1n) is 11.5. The molecule has 4 bridgehead atoms. The molecule has 200 valence electrons. The predicted octanol–water partition coefficient (Wildman–Crippen LogP) is 2.19. The van der Waals surface area contributed by atoms with Crippen LogP contribution in [0.4, 0.5) is 21.8 Å². The molecular formula is C24H25FN6O5S2. The van der Waals surface area contributed by atoms with Gasteiger partial charge in [-0.25, -0.2) is 35.7 Å². The van der Waals surface area contributed by atoms with Crippen molar-refractivity contribution >= 4 is 37.5 Å². The third-order valence-corrected chi connectivity index (χ3v) is 8.34. The Bertz CT molecular complexity index is 1640. The van der Waals surface area contributed by atoms with Crippen LogP contribution in [-0.4, -0.2) is 51.5 Å². The van der Waals surface area contributed by atoms with Crippen molar-refractivity contribution in [3.05, 3.63) is 59.5 Å². The number of sulfonamides is 2. The predicted molar refractivity (Wildman–Crippen MR) is 140 cm³/mol. The van der Waals surface area contributed by atoms with Gasteiger partial charge in [0.15, 0.2) is 0 Å². The van der Waals surface area contributed by atoms with E-state index in [1.165, 1.54) is 36.5 Å². The highest BCUT2D eigenvalue weighted by molar-refractivity contribution is 7.89. The normalized spacial score (nSPS) is 14.9. The molecule has 2 aromatic carbocycles. The molecular weight excluding hydrogens is 535 g/mol. The summed E-state index contributed by atoms with van der Waals surface area (Å²) in [7, 11) is -7.95. The van der Waals surface area contributed by atoms with Crippen LogP contribution in [0.25, 0.3) is 0 Å². The molecule has 4 rings (SSSR count). The summed E-state index contributed by atoms with van der Waals surface area (Å²) in [5.74, 6) is 5.13. The van der Waals surface area contributed by atoms with Crippen molar-refractivity contribution < 1.29 is 26.3 Å². The van der Waals surface area contributed by atoms with Crippen LogP contribution >= 0.6 is 0 Å². The Balaban J connectivity index is 1.49. The number of hydrogen-bond donors (Lipinski definition) is 5. The number of nitrogens with zero attached hydrogens (tertiary/aromatic N) is 2. The molecule has 0 amide bonds. The summed E-state index contributed by atoms with van der Waals surface area (Å²) in [6, 6.07) is 7.89. The lowest BCUT2D eigenvalue weighted by atomic mass is 10.2. The van der Waals surface area contributed by atoms with Crippen LogP contribution in [0.5, 0.6) is 5.75 Å². The molecule has 0 unspecified atom stereocenters. The van der Waals surface area contributed by atoms with Crippen LogP contribution in [0.1, 0.15) is 24.0 Å². The van der Waals surface area contributed by atoms with Crippen molar-refractivity contribution in [3.63, 3.8) is 0 Å². The van der Waals surface area contributed by atoms with Crippen molar-refractivity contribution in [2.75, 3.05) is 30.3 Å². The highest BCUT2D eigenvalue weighted by Crippen LogP contribution is 2.28. The number of fused-ring (bicyclic) bond motifs is 4. The van der Waals surface area contributed by atoms with E-state index in [2.05, 4.69) is 41.9 Å². The maximum atomic E-state index is 14.0. The average Bonchev–Trinajstić information content (AvgIpc) is 2.87. The maximum Gasteiger partial charge on any atom is 0.244 e. The lowest BCUT2D eigenvalue weighted by Crippen LogP contribution is -2.26. The molecule has 0 saturated heterocycles. The van der Waals surface area contributed by atoms with Crippen LogP contribution in [0.3, 0.4) is 0 Å². The number of rotatable bonds is 4. The summed E-state index contributed by atoms with van der Waals surface area (Å²) in [5.41, 5.74) is 1.42. The molecule has 0 fully saturated rings. The van der Waals surface area contributed by atoms with E-state index in [0.29, 0.717) is 35.6 Å². The minimum Gasteiger partial charge on any atom is -0.507 e. The van der Waals surface area contributed by atoms with Gasteiger partial charge in [-0.15, -0.1) is 0 Å². The van der Waals surface area contributed by atoms with Gasteiger partial charge >= 0.3 is 0 Å². The Kier molecular flexibility index (Phi) is 8.12. The molecule has 0 saturated carbocycles. The number of aryl methyl sites for hydroxylation is 1. The molecule has 2 heterocycles. The highest BCUT2D eigenvalue weighted by Gasteiger charge is 2.20. The van der Waals surface area contributed by atoms with Gasteiger partial charge in [0.1, 0.15) is 27.2 Å². The monoisotopic (exact) mass is 560 g/mol. The molecule has 0 atom stereocenters. The van der Waals surface area contributed by atoms with Crippen molar-refractivity contribution in [2.45, 2.75) is 29.6 Å². The molecule has 0 aliphatic carbocycles. The van der Waals surface area contributed by atoms with Crippen LogP contribution in [-0.2, 0) is 20.0 Å². The van der Waals surface area contributed by atoms with E-state index in [9.17, 15) is 26.3 Å². The molecule has 1 aliphatic rings. The molecule has 1 aliphatic heterocycles. The van der Waals surface area contributed by atoms with E-state index in [0.717, 1.165) is 6.07 Å². The van der Waals surface area contributed by atoms with Gasteiger partial charge in [0.05, 0.1) is 11.8 Å². The number of anilines is 3. The smallest absolute Gasteiger partial charge is 0.244 e. The van der Waals surface area contributed by atoms with Gasteiger partial charge < -0.3 is 15.7 Å². The quantitative estimate of drug-likeness (QED) is 0.183.